The van der Waals surface area contributed by atoms with Gasteiger partial charge in [0.05, 0.1) is 19.1 Å². The van der Waals surface area contributed by atoms with Crippen LogP contribution in [-0.2, 0) is 16.1 Å². The van der Waals surface area contributed by atoms with Crippen molar-refractivity contribution in [3.63, 3.8) is 0 Å². The number of piperidine rings is 1. The number of pyridine rings is 1. The van der Waals surface area contributed by atoms with Crippen LogP contribution in [0.5, 0.6) is 0 Å². The van der Waals surface area contributed by atoms with E-state index >= 15 is 0 Å². The van der Waals surface area contributed by atoms with Crippen molar-refractivity contribution in [2.24, 2.45) is 5.92 Å². The smallest absolute Gasteiger partial charge is 0.321 e. The highest BCUT2D eigenvalue weighted by Crippen LogP contribution is 2.38. The van der Waals surface area contributed by atoms with Crippen molar-refractivity contribution in [1.82, 2.24) is 25.0 Å². The van der Waals surface area contributed by atoms with Crippen molar-refractivity contribution in [2.75, 3.05) is 26.7 Å². The first kappa shape index (κ1) is 30.6. The summed E-state index contributed by atoms with van der Waals surface area (Å²) in [5, 5.41) is 3.09. The lowest BCUT2D eigenvalue weighted by atomic mass is 9.86. The molecule has 0 radical (unpaired) electrons. The summed E-state index contributed by atoms with van der Waals surface area (Å²) in [6.07, 6.45) is 12.7. The summed E-state index contributed by atoms with van der Waals surface area (Å²) in [6, 6.07) is 15.4. The second-order valence-corrected chi connectivity index (χ2v) is 13.2. The Morgan fingerprint density at radius 3 is 2.27 bits per heavy atom. The van der Waals surface area contributed by atoms with Gasteiger partial charge in [-0.15, -0.1) is 0 Å². The van der Waals surface area contributed by atoms with Gasteiger partial charge in [0.15, 0.2) is 0 Å². The van der Waals surface area contributed by atoms with Crippen molar-refractivity contribution in [3.05, 3.63) is 65.5 Å². The van der Waals surface area contributed by atoms with Crippen molar-refractivity contribution in [1.29, 1.82) is 0 Å². The predicted molar refractivity (Wildman–Crippen MR) is 168 cm³/mol. The number of likely N-dealkylation sites (tertiary alicyclic amines) is 1. The average Bonchev–Trinajstić information content (AvgIpc) is 3.43. The van der Waals surface area contributed by atoms with Crippen LogP contribution in [-0.4, -0.2) is 82.5 Å². The van der Waals surface area contributed by atoms with Crippen LogP contribution >= 0.6 is 0 Å². The molecular formula is C35H47N5O4. The molecule has 9 heteroatoms. The maximum absolute atomic E-state index is 13.9. The molecular weight excluding hydrogens is 554 g/mol. The first-order valence-electron chi connectivity index (χ1n) is 16.7. The van der Waals surface area contributed by atoms with E-state index in [2.05, 4.69) is 55.3 Å². The fraction of sp³-hybridized carbons (Fsp3) is 0.600. The van der Waals surface area contributed by atoms with Gasteiger partial charge in [-0.05, 0) is 68.6 Å². The van der Waals surface area contributed by atoms with Crippen LogP contribution in [0.25, 0.3) is 0 Å². The number of urea groups is 1. The highest BCUT2D eigenvalue weighted by atomic mass is 16.5. The van der Waals surface area contributed by atoms with E-state index in [1.165, 1.54) is 31.9 Å². The predicted octanol–water partition coefficient (Wildman–Crippen LogP) is 5.32. The molecule has 236 valence electrons. The van der Waals surface area contributed by atoms with E-state index in [0.29, 0.717) is 11.7 Å². The van der Waals surface area contributed by atoms with Gasteiger partial charge < -0.3 is 19.9 Å². The van der Waals surface area contributed by atoms with E-state index in [-0.39, 0.29) is 42.0 Å². The zero-order valence-corrected chi connectivity index (χ0v) is 26.0. The molecule has 3 heterocycles. The third-order valence-electron chi connectivity index (χ3n) is 10.4. The van der Waals surface area contributed by atoms with E-state index in [0.717, 1.165) is 83.1 Å². The van der Waals surface area contributed by atoms with E-state index in [1.54, 1.807) is 0 Å². The van der Waals surface area contributed by atoms with Gasteiger partial charge in [-0.2, -0.15) is 0 Å². The number of hydrogen-bond acceptors (Lipinski definition) is 6. The minimum Gasteiger partial charge on any atom is -0.469 e. The average molecular weight is 602 g/mol. The van der Waals surface area contributed by atoms with Gasteiger partial charge >= 0.3 is 12.0 Å². The van der Waals surface area contributed by atoms with E-state index in [1.807, 2.05) is 18.3 Å². The minimum absolute atomic E-state index is 0.0601. The molecule has 1 atom stereocenters. The molecule has 3 amide bonds. The van der Waals surface area contributed by atoms with Gasteiger partial charge in [0.2, 0.25) is 0 Å². The lowest BCUT2D eigenvalue weighted by Crippen LogP contribution is -2.48. The molecule has 44 heavy (non-hydrogen) atoms. The van der Waals surface area contributed by atoms with E-state index < -0.39 is 0 Å². The van der Waals surface area contributed by atoms with Gasteiger partial charge in [0, 0.05) is 50.5 Å². The molecule has 2 aliphatic heterocycles. The monoisotopic (exact) mass is 601 g/mol. The third-order valence-corrected chi connectivity index (χ3v) is 10.4. The largest absolute Gasteiger partial charge is 0.469 e. The SMILES string of the molecule is COC(=O)[C@H]1CC[C@@H](NC(=O)c2ccc(CN3CCC(N4C(=O)N(C5CCCCC5)C[C@H]4c4ccccc4)CC3)cn2)CC1. The zero-order valence-electron chi connectivity index (χ0n) is 26.0. The summed E-state index contributed by atoms with van der Waals surface area (Å²) in [4.78, 5) is 49.8. The minimum atomic E-state index is -0.163. The molecule has 0 unspecified atom stereocenters. The number of amides is 3. The number of benzene rings is 1. The number of methoxy groups -OCH3 is 1. The van der Waals surface area contributed by atoms with Crippen LogP contribution in [0.2, 0.25) is 0 Å². The van der Waals surface area contributed by atoms with Crippen molar-refractivity contribution in [3.8, 4) is 0 Å². The fourth-order valence-electron chi connectivity index (χ4n) is 7.85. The van der Waals surface area contributed by atoms with Crippen LogP contribution in [0.1, 0.15) is 98.3 Å². The number of ether oxygens (including phenoxy) is 1. The second kappa shape index (κ2) is 14.1. The van der Waals surface area contributed by atoms with Crippen molar-refractivity contribution < 1.29 is 19.1 Å². The lowest BCUT2D eigenvalue weighted by molar-refractivity contribution is -0.146. The number of carbonyl (C=O) groups excluding carboxylic acids is 3. The lowest BCUT2D eigenvalue weighted by Gasteiger charge is -2.39. The van der Waals surface area contributed by atoms with E-state index in [9.17, 15) is 14.4 Å². The summed E-state index contributed by atoms with van der Waals surface area (Å²) in [6.45, 7) is 3.43. The molecule has 1 N–H and O–H groups in total. The maximum Gasteiger partial charge on any atom is 0.321 e. The Labute approximate surface area is 261 Å². The summed E-state index contributed by atoms with van der Waals surface area (Å²) < 4.78 is 4.86. The molecule has 2 aliphatic carbocycles. The van der Waals surface area contributed by atoms with E-state index in [4.69, 9.17) is 4.74 Å². The number of esters is 1. The normalized spacial score (nSPS) is 25.7. The summed E-state index contributed by atoms with van der Waals surface area (Å²) >= 11 is 0. The highest BCUT2D eigenvalue weighted by molar-refractivity contribution is 5.92. The highest BCUT2D eigenvalue weighted by Gasteiger charge is 2.45. The first-order valence-corrected chi connectivity index (χ1v) is 16.7. The number of nitrogens with one attached hydrogen (secondary N) is 1. The fourth-order valence-corrected chi connectivity index (χ4v) is 7.85. The summed E-state index contributed by atoms with van der Waals surface area (Å²) in [5.74, 6) is -0.379. The number of hydrogen-bond donors (Lipinski definition) is 1. The van der Waals surface area contributed by atoms with Crippen LogP contribution in [0.4, 0.5) is 4.79 Å². The Kier molecular flexibility index (Phi) is 9.79. The van der Waals surface area contributed by atoms with Crippen LogP contribution in [0.15, 0.2) is 48.7 Å². The number of aromatic nitrogens is 1. The van der Waals surface area contributed by atoms with Gasteiger partial charge in [-0.25, -0.2) is 4.79 Å². The first-order chi connectivity index (χ1) is 21.5. The Balaban J connectivity index is 1.01. The van der Waals surface area contributed by atoms with Gasteiger partial charge in [-0.3, -0.25) is 19.5 Å². The zero-order chi connectivity index (χ0) is 30.5. The second-order valence-electron chi connectivity index (χ2n) is 13.2. The van der Waals surface area contributed by atoms with Crippen molar-refractivity contribution >= 4 is 17.9 Å². The van der Waals surface area contributed by atoms with Crippen molar-refractivity contribution in [2.45, 2.75) is 101 Å². The Hall–Kier alpha value is -3.46. The van der Waals surface area contributed by atoms with Crippen LogP contribution in [0.3, 0.4) is 0 Å². The van der Waals surface area contributed by atoms with Crippen LogP contribution < -0.4 is 5.32 Å². The maximum atomic E-state index is 13.9. The molecule has 2 saturated carbocycles. The Morgan fingerprint density at radius 1 is 0.886 bits per heavy atom. The molecule has 0 bridgehead atoms. The Bertz CT molecular complexity index is 1270. The van der Waals surface area contributed by atoms with Gasteiger partial charge in [0.25, 0.3) is 5.91 Å². The number of carbonyl (C=O) groups is 3. The topological polar surface area (TPSA) is 95.1 Å². The molecule has 2 saturated heterocycles. The Morgan fingerprint density at radius 2 is 1.61 bits per heavy atom. The quantitative estimate of drug-likeness (QED) is 0.412. The number of nitrogens with zero attached hydrogens (tertiary/aromatic N) is 4. The summed E-state index contributed by atoms with van der Waals surface area (Å²) in [7, 11) is 1.43. The molecule has 6 rings (SSSR count). The summed E-state index contributed by atoms with van der Waals surface area (Å²) in [5.41, 5.74) is 2.75. The molecule has 1 aromatic carbocycles. The standard InChI is InChI=1S/C35H47N5O4/c1-44-34(42)27-13-15-28(16-14-27)37-33(41)31-17-12-25(22-36-31)23-38-20-18-30(19-21-38)40-32(26-8-4-2-5-9-26)24-39(35(40)43)29-10-6-3-7-11-29/h2,4-5,8-9,12,17,22,27-30,32H,3,6-7,10-11,13-16,18-21,23-24H2,1H3,(H,37,41)/t27-,28+,32-/m0/s1. The molecule has 4 aliphatic rings. The third kappa shape index (κ3) is 6.93. The molecule has 1 aromatic heterocycles. The number of rotatable bonds is 8. The molecule has 4 fully saturated rings. The molecule has 9 nitrogen and oxygen atoms in total. The van der Waals surface area contributed by atoms with Gasteiger partial charge in [-0.1, -0.05) is 55.7 Å². The molecule has 2 aromatic rings. The molecule has 0 spiro atoms. The van der Waals surface area contributed by atoms with Crippen LogP contribution in [0, 0.1) is 5.92 Å². The van der Waals surface area contributed by atoms with Gasteiger partial charge in [0.1, 0.15) is 5.69 Å².